The Morgan fingerprint density at radius 1 is 1.09 bits per heavy atom. The van der Waals surface area contributed by atoms with Crippen molar-refractivity contribution in [2.24, 2.45) is 5.92 Å². The molecule has 0 heterocycles. The molecule has 2 unspecified atom stereocenters. The second-order valence-electron chi connectivity index (χ2n) is 6.00. The van der Waals surface area contributed by atoms with Crippen LogP contribution in [-0.4, -0.2) is 37.5 Å². The fraction of sp³-hybridized carbons (Fsp3) is 0.529. The zero-order valence-corrected chi connectivity index (χ0v) is 15.3. The van der Waals surface area contributed by atoms with Gasteiger partial charge in [0.2, 0.25) is 5.91 Å². The largest absolute Gasteiger partial charge is 0.353 e. The molecule has 0 aliphatic rings. The first-order valence-corrected chi connectivity index (χ1v) is 7.67. The molecule has 0 aliphatic carbocycles. The normalized spacial score (nSPS) is 13.0. The molecule has 23 heavy (non-hydrogen) atoms. The van der Waals surface area contributed by atoms with Gasteiger partial charge in [-0.2, -0.15) is 0 Å². The number of likely N-dealkylation sites (N-methyl/N-ethyl adjacent to an activating group) is 1. The number of hydrogen-bond acceptors (Lipinski definition) is 3. The van der Waals surface area contributed by atoms with Gasteiger partial charge in [-0.25, -0.2) is 0 Å². The third-order valence-electron chi connectivity index (χ3n) is 3.62. The fourth-order valence-corrected chi connectivity index (χ4v) is 1.93. The highest BCUT2D eigenvalue weighted by Gasteiger charge is 2.24. The van der Waals surface area contributed by atoms with Crippen molar-refractivity contribution < 1.29 is 9.59 Å². The Bertz CT molecular complexity index is 503. The predicted molar refractivity (Wildman–Crippen MR) is 96.1 cm³/mol. The van der Waals surface area contributed by atoms with Gasteiger partial charge in [0.1, 0.15) is 6.04 Å². The van der Waals surface area contributed by atoms with Crippen molar-refractivity contribution in [3.05, 3.63) is 35.4 Å². The number of rotatable bonds is 7. The summed E-state index contributed by atoms with van der Waals surface area (Å²) in [4.78, 5) is 24.5. The highest BCUT2D eigenvalue weighted by Crippen LogP contribution is 2.07. The molecule has 0 aromatic heterocycles. The van der Waals surface area contributed by atoms with Crippen LogP contribution < -0.4 is 16.0 Å². The molecule has 3 N–H and O–H groups in total. The highest BCUT2D eigenvalue weighted by atomic mass is 35.5. The molecule has 0 radical (unpaired) electrons. The molecule has 0 fully saturated rings. The quantitative estimate of drug-likeness (QED) is 0.709. The lowest BCUT2D eigenvalue weighted by molar-refractivity contribution is -0.124. The van der Waals surface area contributed by atoms with E-state index >= 15 is 0 Å². The van der Waals surface area contributed by atoms with E-state index in [0.29, 0.717) is 12.1 Å². The first-order valence-electron chi connectivity index (χ1n) is 7.67. The number of benzene rings is 1. The molecule has 1 aromatic carbocycles. The monoisotopic (exact) mass is 341 g/mol. The number of hydrogen-bond donors (Lipinski definition) is 3. The van der Waals surface area contributed by atoms with Gasteiger partial charge in [0.05, 0.1) is 0 Å². The molecule has 0 spiro atoms. The molecule has 0 saturated carbocycles. The molecule has 0 bridgehead atoms. The molecule has 2 amide bonds. The van der Waals surface area contributed by atoms with Gasteiger partial charge in [0.25, 0.3) is 5.91 Å². The Morgan fingerprint density at radius 2 is 1.65 bits per heavy atom. The third kappa shape index (κ3) is 7.01. The van der Waals surface area contributed by atoms with Crippen LogP contribution in [0.15, 0.2) is 24.3 Å². The van der Waals surface area contributed by atoms with Crippen molar-refractivity contribution >= 4 is 24.2 Å². The number of amides is 2. The second kappa shape index (κ2) is 10.2. The van der Waals surface area contributed by atoms with Crippen LogP contribution in [0.1, 0.15) is 36.7 Å². The lowest BCUT2D eigenvalue weighted by Crippen LogP contribution is -2.51. The van der Waals surface area contributed by atoms with Crippen molar-refractivity contribution in [1.29, 1.82) is 0 Å². The summed E-state index contributed by atoms with van der Waals surface area (Å²) in [5.41, 5.74) is 1.66. The van der Waals surface area contributed by atoms with Gasteiger partial charge in [0, 0.05) is 18.2 Å². The van der Waals surface area contributed by atoms with Gasteiger partial charge in [-0.3, -0.25) is 9.59 Å². The van der Waals surface area contributed by atoms with Crippen LogP contribution in [0.5, 0.6) is 0 Å². The van der Waals surface area contributed by atoms with Crippen LogP contribution >= 0.6 is 12.4 Å². The lowest BCUT2D eigenvalue weighted by atomic mass is 10.0. The smallest absolute Gasteiger partial charge is 0.251 e. The molecule has 1 rings (SSSR count). The van der Waals surface area contributed by atoms with E-state index in [-0.39, 0.29) is 36.2 Å². The topological polar surface area (TPSA) is 70.2 Å². The minimum Gasteiger partial charge on any atom is -0.353 e. The number of carbonyl (C=O) groups excluding carboxylic acids is 2. The van der Waals surface area contributed by atoms with Gasteiger partial charge >= 0.3 is 0 Å². The van der Waals surface area contributed by atoms with Crippen LogP contribution in [0.25, 0.3) is 0 Å². The van der Waals surface area contributed by atoms with Crippen molar-refractivity contribution in [2.75, 3.05) is 13.6 Å². The maximum Gasteiger partial charge on any atom is 0.251 e. The Balaban J connectivity index is 0.00000484. The van der Waals surface area contributed by atoms with Crippen LogP contribution in [0.3, 0.4) is 0 Å². The van der Waals surface area contributed by atoms with Crippen LogP contribution in [0, 0.1) is 12.8 Å². The van der Waals surface area contributed by atoms with Crippen LogP contribution in [0.2, 0.25) is 0 Å². The SMILES string of the molecule is CNC(C)CNC(=O)C(NC(=O)c1ccc(C)cc1)C(C)C.Cl. The molecule has 0 saturated heterocycles. The van der Waals surface area contributed by atoms with E-state index in [4.69, 9.17) is 0 Å². The molecule has 0 aliphatic heterocycles. The summed E-state index contributed by atoms with van der Waals surface area (Å²) in [7, 11) is 1.84. The standard InChI is InChI=1S/C17H27N3O2.ClH/c1-11(2)15(17(22)19-10-13(4)18-5)20-16(21)14-8-6-12(3)7-9-14;/h6-9,11,13,15,18H,10H2,1-5H3,(H,19,22)(H,20,21);1H. The highest BCUT2D eigenvalue weighted by molar-refractivity contribution is 5.97. The minimum absolute atomic E-state index is 0. The van der Waals surface area contributed by atoms with Gasteiger partial charge in [0.15, 0.2) is 0 Å². The van der Waals surface area contributed by atoms with Gasteiger partial charge in [-0.1, -0.05) is 31.5 Å². The van der Waals surface area contributed by atoms with E-state index in [1.807, 2.05) is 46.9 Å². The number of aryl methyl sites for hydroxylation is 1. The molecular formula is C17H28ClN3O2. The van der Waals surface area contributed by atoms with Crippen molar-refractivity contribution in [2.45, 2.75) is 39.8 Å². The summed E-state index contributed by atoms with van der Waals surface area (Å²) >= 11 is 0. The Labute approximate surface area is 145 Å². The van der Waals surface area contributed by atoms with E-state index in [0.717, 1.165) is 5.56 Å². The molecular weight excluding hydrogens is 314 g/mol. The van der Waals surface area contributed by atoms with E-state index in [9.17, 15) is 9.59 Å². The first kappa shape index (κ1) is 21.4. The van der Waals surface area contributed by atoms with Crippen LogP contribution in [0.4, 0.5) is 0 Å². The van der Waals surface area contributed by atoms with E-state index < -0.39 is 6.04 Å². The summed E-state index contributed by atoms with van der Waals surface area (Å²) in [5, 5.41) is 8.75. The van der Waals surface area contributed by atoms with Crippen molar-refractivity contribution in [1.82, 2.24) is 16.0 Å². The maximum atomic E-state index is 12.3. The third-order valence-corrected chi connectivity index (χ3v) is 3.62. The zero-order valence-electron chi connectivity index (χ0n) is 14.5. The summed E-state index contributed by atoms with van der Waals surface area (Å²) in [5.74, 6) is -0.368. The average Bonchev–Trinajstić information content (AvgIpc) is 2.49. The zero-order chi connectivity index (χ0) is 16.7. The minimum atomic E-state index is -0.544. The number of carbonyl (C=O) groups is 2. The molecule has 5 nitrogen and oxygen atoms in total. The van der Waals surface area contributed by atoms with Gasteiger partial charge < -0.3 is 16.0 Å². The van der Waals surface area contributed by atoms with E-state index in [1.54, 1.807) is 12.1 Å². The Kier molecular flexibility index (Phi) is 9.53. The summed E-state index contributed by atoms with van der Waals surface area (Å²) in [6.45, 7) is 8.31. The second-order valence-corrected chi connectivity index (χ2v) is 6.00. The molecule has 130 valence electrons. The fourth-order valence-electron chi connectivity index (χ4n) is 1.93. The van der Waals surface area contributed by atoms with E-state index in [2.05, 4.69) is 16.0 Å². The van der Waals surface area contributed by atoms with E-state index in [1.165, 1.54) is 0 Å². The maximum absolute atomic E-state index is 12.3. The molecule has 6 heteroatoms. The Morgan fingerprint density at radius 3 is 2.13 bits per heavy atom. The number of nitrogens with one attached hydrogen (secondary N) is 3. The van der Waals surface area contributed by atoms with Gasteiger partial charge in [-0.05, 0) is 38.9 Å². The summed E-state index contributed by atoms with van der Waals surface area (Å²) in [6, 6.07) is 6.94. The predicted octanol–water partition coefficient (Wildman–Crippen LogP) is 1.90. The lowest BCUT2D eigenvalue weighted by Gasteiger charge is -2.22. The van der Waals surface area contributed by atoms with Crippen molar-refractivity contribution in [3.63, 3.8) is 0 Å². The Hall–Kier alpha value is -1.59. The van der Waals surface area contributed by atoms with Gasteiger partial charge in [-0.15, -0.1) is 12.4 Å². The molecule has 2 atom stereocenters. The first-order chi connectivity index (χ1) is 10.3. The summed E-state index contributed by atoms with van der Waals surface area (Å²) in [6.07, 6.45) is 0. The van der Waals surface area contributed by atoms with Crippen molar-refractivity contribution in [3.8, 4) is 0 Å². The van der Waals surface area contributed by atoms with Crippen LogP contribution in [-0.2, 0) is 4.79 Å². The average molecular weight is 342 g/mol. The number of halogens is 1. The molecule has 1 aromatic rings. The summed E-state index contributed by atoms with van der Waals surface area (Å²) < 4.78 is 0.